The minimum absolute atomic E-state index is 0.109. The molecule has 0 fully saturated rings. The van der Waals surface area contributed by atoms with Crippen molar-refractivity contribution in [2.45, 2.75) is 6.18 Å². The number of nitro groups is 3. The third-order valence-corrected chi connectivity index (χ3v) is 4.41. The van der Waals surface area contributed by atoms with Crippen LogP contribution >= 0.6 is 27.5 Å². The Bertz CT molecular complexity index is 1050. The molecule has 0 aliphatic rings. The fourth-order valence-corrected chi connectivity index (χ4v) is 3.47. The van der Waals surface area contributed by atoms with Gasteiger partial charge in [0.1, 0.15) is 11.4 Å². The summed E-state index contributed by atoms with van der Waals surface area (Å²) in [7, 11) is 0.894. The Morgan fingerprint density at radius 2 is 1.45 bits per heavy atom. The summed E-state index contributed by atoms with van der Waals surface area (Å²) in [6.07, 6.45) is -5.25. The maximum atomic E-state index is 13.6. The van der Waals surface area contributed by atoms with Gasteiger partial charge in [0.2, 0.25) is 0 Å². The molecule has 0 bridgehead atoms. The molecule has 2 aromatic rings. The standard InChI is InChI=1S/C14H7BrClF3N4O6/c1-20(13-9(16)2-6(15)3-10(13)22(26)27)12-8(14(17,18)19)4-7(21(24)25)5-11(12)23(28)29/h2-5H,1H3. The molecule has 2 aromatic carbocycles. The number of nitro benzene ring substituents is 3. The number of non-ortho nitro benzene ring substituents is 1. The van der Waals surface area contributed by atoms with Crippen molar-refractivity contribution in [1.82, 2.24) is 0 Å². The molecule has 15 heteroatoms. The molecule has 2 rings (SSSR count). The van der Waals surface area contributed by atoms with Gasteiger partial charge in [0.05, 0.1) is 31.4 Å². The molecule has 0 amide bonds. The van der Waals surface area contributed by atoms with Crippen LogP contribution in [0.4, 0.5) is 41.6 Å². The van der Waals surface area contributed by atoms with Crippen molar-refractivity contribution < 1.29 is 27.9 Å². The van der Waals surface area contributed by atoms with E-state index in [2.05, 4.69) is 15.9 Å². The average molecular weight is 500 g/mol. The first-order valence-corrected chi connectivity index (χ1v) is 8.34. The highest BCUT2D eigenvalue weighted by Gasteiger charge is 2.42. The second-order valence-electron chi connectivity index (χ2n) is 5.44. The first kappa shape index (κ1) is 22.3. The van der Waals surface area contributed by atoms with Crippen molar-refractivity contribution in [3.05, 3.63) is 69.7 Å². The van der Waals surface area contributed by atoms with Crippen molar-refractivity contribution >= 4 is 56.0 Å². The summed E-state index contributed by atoms with van der Waals surface area (Å²) in [6, 6.07) is 2.53. The number of anilines is 2. The number of rotatable bonds is 5. The number of alkyl halides is 3. The molecule has 0 radical (unpaired) electrons. The van der Waals surface area contributed by atoms with E-state index in [1.54, 1.807) is 0 Å². The van der Waals surface area contributed by atoms with E-state index in [-0.39, 0.29) is 15.6 Å². The van der Waals surface area contributed by atoms with E-state index in [4.69, 9.17) is 11.6 Å². The van der Waals surface area contributed by atoms with Gasteiger partial charge in [-0.2, -0.15) is 13.2 Å². The maximum Gasteiger partial charge on any atom is 0.418 e. The van der Waals surface area contributed by atoms with E-state index in [0.717, 1.165) is 19.2 Å². The SMILES string of the molecule is CN(c1c(Cl)cc(Br)cc1[N+](=O)[O-])c1c([N+](=O)[O-])cc([N+](=O)[O-])cc1C(F)(F)F. The lowest BCUT2D eigenvalue weighted by Gasteiger charge is -2.24. The molecule has 0 N–H and O–H groups in total. The Balaban J connectivity index is 2.96. The predicted molar refractivity (Wildman–Crippen MR) is 98.6 cm³/mol. The van der Waals surface area contributed by atoms with Crippen LogP contribution in [-0.2, 0) is 6.18 Å². The van der Waals surface area contributed by atoms with Crippen LogP contribution in [-0.4, -0.2) is 21.8 Å². The van der Waals surface area contributed by atoms with Crippen molar-refractivity contribution in [2.75, 3.05) is 11.9 Å². The Kier molecular flexibility index (Phi) is 5.99. The van der Waals surface area contributed by atoms with Crippen LogP contribution in [0.5, 0.6) is 0 Å². The van der Waals surface area contributed by atoms with Gasteiger partial charge in [-0.1, -0.05) is 27.5 Å². The Hall–Kier alpha value is -3.00. The molecule has 0 aromatic heterocycles. The molecule has 0 unspecified atom stereocenters. The molecule has 0 spiro atoms. The van der Waals surface area contributed by atoms with E-state index in [0.29, 0.717) is 11.0 Å². The van der Waals surface area contributed by atoms with Gasteiger partial charge in [0.25, 0.3) is 17.1 Å². The summed E-state index contributed by atoms with van der Waals surface area (Å²) >= 11 is 8.93. The molecular formula is C14H7BrClF3N4O6. The highest BCUT2D eigenvalue weighted by Crippen LogP contribution is 2.49. The minimum Gasteiger partial charge on any atom is -0.332 e. The highest BCUT2D eigenvalue weighted by molar-refractivity contribution is 9.10. The van der Waals surface area contributed by atoms with E-state index in [1.165, 1.54) is 0 Å². The molecule has 29 heavy (non-hydrogen) atoms. The zero-order chi connectivity index (χ0) is 22.3. The molecule has 0 saturated heterocycles. The summed E-state index contributed by atoms with van der Waals surface area (Å²) in [4.78, 5) is 30.8. The Morgan fingerprint density at radius 1 is 0.931 bits per heavy atom. The first-order valence-electron chi connectivity index (χ1n) is 7.17. The number of halogens is 5. The topological polar surface area (TPSA) is 133 Å². The lowest BCUT2D eigenvalue weighted by atomic mass is 10.1. The lowest BCUT2D eigenvalue weighted by molar-refractivity contribution is -0.394. The first-order chi connectivity index (χ1) is 13.3. The van der Waals surface area contributed by atoms with Crippen molar-refractivity contribution in [2.24, 2.45) is 0 Å². The van der Waals surface area contributed by atoms with Gasteiger partial charge >= 0.3 is 6.18 Å². The van der Waals surface area contributed by atoms with Gasteiger partial charge in [-0.25, -0.2) is 0 Å². The van der Waals surface area contributed by atoms with Crippen molar-refractivity contribution in [3.8, 4) is 0 Å². The molecular weight excluding hydrogens is 493 g/mol. The number of hydrogen-bond donors (Lipinski definition) is 0. The quantitative estimate of drug-likeness (QED) is 0.385. The van der Waals surface area contributed by atoms with Gasteiger partial charge in [0, 0.05) is 23.7 Å². The Labute approximate surface area is 172 Å². The van der Waals surface area contributed by atoms with Crippen LogP contribution in [0.25, 0.3) is 0 Å². The summed E-state index contributed by atoms with van der Waals surface area (Å²) < 4.78 is 40.9. The highest BCUT2D eigenvalue weighted by atomic mass is 79.9. The molecule has 0 atom stereocenters. The minimum atomic E-state index is -5.25. The monoisotopic (exact) mass is 498 g/mol. The fraction of sp³-hybridized carbons (Fsp3) is 0.143. The molecule has 0 aliphatic heterocycles. The smallest absolute Gasteiger partial charge is 0.332 e. The summed E-state index contributed by atoms with van der Waals surface area (Å²) in [5, 5.41) is 33.3. The largest absolute Gasteiger partial charge is 0.418 e. The molecule has 0 heterocycles. The third-order valence-electron chi connectivity index (χ3n) is 3.66. The summed E-state index contributed by atoms with van der Waals surface area (Å²) in [5.74, 6) is 0. The van der Waals surface area contributed by atoms with Crippen LogP contribution < -0.4 is 4.90 Å². The molecule has 10 nitrogen and oxygen atoms in total. The van der Waals surface area contributed by atoms with Crippen LogP contribution in [0.2, 0.25) is 5.02 Å². The van der Waals surface area contributed by atoms with Crippen molar-refractivity contribution in [3.63, 3.8) is 0 Å². The van der Waals surface area contributed by atoms with Crippen LogP contribution in [0.3, 0.4) is 0 Å². The second-order valence-corrected chi connectivity index (χ2v) is 6.77. The Morgan fingerprint density at radius 3 is 1.90 bits per heavy atom. The zero-order valence-corrected chi connectivity index (χ0v) is 16.3. The molecule has 0 saturated carbocycles. The predicted octanol–water partition coefficient (Wildman–Crippen LogP) is 5.61. The summed E-state index contributed by atoms with van der Waals surface area (Å²) in [5.41, 5.74) is -6.62. The van der Waals surface area contributed by atoms with Crippen LogP contribution in [0.15, 0.2) is 28.7 Å². The number of nitrogens with zero attached hydrogens (tertiary/aromatic N) is 4. The lowest BCUT2D eigenvalue weighted by Crippen LogP contribution is -2.20. The third kappa shape index (κ3) is 4.37. The zero-order valence-electron chi connectivity index (χ0n) is 13.9. The second kappa shape index (κ2) is 7.79. The maximum absolute atomic E-state index is 13.6. The fourth-order valence-electron chi connectivity index (χ4n) is 2.55. The van der Waals surface area contributed by atoms with Gasteiger partial charge in [-0.3, -0.25) is 30.3 Å². The van der Waals surface area contributed by atoms with Crippen LogP contribution in [0.1, 0.15) is 5.56 Å². The molecule has 0 aliphatic carbocycles. The average Bonchev–Trinajstić information content (AvgIpc) is 2.58. The molecule has 154 valence electrons. The van der Waals surface area contributed by atoms with Gasteiger partial charge in [-0.05, 0) is 6.07 Å². The number of hydrogen-bond acceptors (Lipinski definition) is 7. The number of benzene rings is 2. The van der Waals surface area contributed by atoms with E-state index >= 15 is 0 Å². The van der Waals surface area contributed by atoms with E-state index < -0.39 is 54.9 Å². The summed E-state index contributed by atoms with van der Waals surface area (Å²) in [6.45, 7) is 0. The normalized spacial score (nSPS) is 11.2. The van der Waals surface area contributed by atoms with Crippen molar-refractivity contribution in [1.29, 1.82) is 0 Å². The van der Waals surface area contributed by atoms with Crippen LogP contribution in [0, 0.1) is 30.3 Å². The van der Waals surface area contributed by atoms with Gasteiger partial charge in [-0.15, -0.1) is 0 Å². The van der Waals surface area contributed by atoms with E-state index in [1.807, 2.05) is 0 Å². The van der Waals surface area contributed by atoms with Gasteiger partial charge in [0.15, 0.2) is 0 Å². The van der Waals surface area contributed by atoms with Gasteiger partial charge < -0.3 is 4.90 Å². The van der Waals surface area contributed by atoms with E-state index in [9.17, 15) is 43.5 Å².